The minimum atomic E-state index is 0.209. The van der Waals surface area contributed by atoms with Crippen LogP contribution >= 0.6 is 0 Å². The lowest BCUT2D eigenvalue weighted by Crippen LogP contribution is -2.23. The van der Waals surface area contributed by atoms with E-state index in [1.165, 1.54) is 12.8 Å². The second-order valence-electron chi connectivity index (χ2n) is 5.81. The number of carbonyl (C=O) groups is 1. The predicted octanol–water partition coefficient (Wildman–Crippen LogP) is 4.15. The first-order chi connectivity index (χ1) is 7.31. The second-order valence-corrected chi connectivity index (χ2v) is 5.81. The Bertz CT molecular complexity index is 153. The van der Waals surface area contributed by atoms with E-state index < -0.39 is 0 Å². The van der Waals surface area contributed by atoms with Gasteiger partial charge in [-0.3, -0.25) is 4.79 Å². The molecule has 0 saturated carbocycles. The number of nitrogens with one attached hydrogen (secondary N) is 1. The molecule has 0 fully saturated rings. The van der Waals surface area contributed by atoms with E-state index in [-0.39, 0.29) is 5.91 Å². The minimum absolute atomic E-state index is 0.209. The third-order valence-electron chi connectivity index (χ3n) is 1.58. The summed E-state index contributed by atoms with van der Waals surface area (Å²) in [5.41, 5.74) is 0.500. The molecule has 0 saturated heterocycles. The zero-order valence-electron chi connectivity index (χ0n) is 12.2. The van der Waals surface area contributed by atoms with Crippen molar-refractivity contribution in [3.63, 3.8) is 0 Å². The molecule has 0 aromatic heterocycles. The highest BCUT2D eigenvalue weighted by atomic mass is 16.1. The van der Waals surface area contributed by atoms with Gasteiger partial charge in [-0.05, 0) is 18.3 Å². The Morgan fingerprint density at radius 3 is 1.88 bits per heavy atom. The maximum absolute atomic E-state index is 11.0. The van der Waals surface area contributed by atoms with Gasteiger partial charge < -0.3 is 5.32 Å². The highest BCUT2D eigenvalue weighted by molar-refractivity contribution is 5.75. The first-order valence-electron chi connectivity index (χ1n) is 6.58. The van der Waals surface area contributed by atoms with Gasteiger partial charge in [0.15, 0.2) is 0 Å². The molecule has 0 aromatic carbocycles. The van der Waals surface area contributed by atoms with Crippen LogP contribution in [0.3, 0.4) is 0 Å². The topological polar surface area (TPSA) is 29.1 Å². The van der Waals surface area contributed by atoms with Crippen LogP contribution in [0.1, 0.15) is 73.6 Å². The van der Waals surface area contributed by atoms with Crippen molar-refractivity contribution < 1.29 is 4.79 Å². The number of hydrogen-bond acceptors (Lipinski definition) is 1. The lowest BCUT2D eigenvalue weighted by Gasteiger charge is -2.05. The van der Waals surface area contributed by atoms with Gasteiger partial charge in [-0.15, -0.1) is 0 Å². The zero-order chi connectivity index (χ0) is 13.0. The molecule has 16 heavy (non-hydrogen) atoms. The molecule has 0 aromatic rings. The summed E-state index contributed by atoms with van der Waals surface area (Å²) < 4.78 is 0. The molecule has 0 radical (unpaired) electrons. The lowest BCUT2D eigenvalue weighted by atomic mass is 10.0. The van der Waals surface area contributed by atoms with Crippen molar-refractivity contribution in [1.82, 2.24) is 5.32 Å². The number of amides is 1. The average molecular weight is 229 g/mol. The van der Waals surface area contributed by atoms with Crippen molar-refractivity contribution in [3.05, 3.63) is 0 Å². The SMILES string of the molecule is CC(C)(C)C.CCCCCC(=O)NCCC. The second kappa shape index (κ2) is 11.0. The number of carbonyl (C=O) groups excluding carboxylic acids is 1. The number of hydrogen-bond donors (Lipinski definition) is 1. The Hall–Kier alpha value is -0.530. The molecule has 98 valence electrons. The Morgan fingerprint density at radius 2 is 1.50 bits per heavy atom. The molecule has 0 aliphatic rings. The zero-order valence-corrected chi connectivity index (χ0v) is 12.2. The normalized spacial score (nSPS) is 10.4. The van der Waals surface area contributed by atoms with Crippen LogP contribution in [0.5, 0.6) is 0 Å². The average Bonchev–Trinajstić information content (AvgIpc) is 2.12. The van der Waals surface area contributed by atoms with Gasteiger partial charge in [0, 0.05) is 13.0 Å². The number of rotatable bonds is 6. The summed E-state index contributed by atoms with van der Waals surface area (Å²) in [6.45, 7) is 13.8. The molecule has 0 bridgehead atoms. The molecule has 0 spiro atoms. The fraction of sp³-hybridized carbons (Fsp3) is 0.929. The predicted molar refractivity (Wildman–Crippen MR) is 72.6 cm³/mol. The highest BCUT2D eigenvalue weighted by Crippen LogP contribution is 2.08. The van der Waals surface area contributed by atoms with Gasteiger partial charge in [0.25, 0.3) is 0 Å². The van der Waals surface area contributed by atoms with Crippen LogP contribution in [0.15, 0.2) is 0 Å². The Labute approximate surface area is 102 Å². The van der Waals surface area contributed by atoms with Crippen LogP contribution in [0.4, 0.5) is 0 Å². The molecular formula is C14H31NO. The van der Waals surface area contributed by atoms with Crippen molar-refractivity contribution in [1.29, 1.82) is 0 Å². The Balaban J connectivity index is 0. The van der Waals surface area contributed by atoms with Crippen molar-refractivity contribution in [2.24, 2.45) is 5.41 Å². The summed E-state index contributed by atoms with van der Waals surface area (Å²) in [4.78, 5) is 11.0. The molecule has 2 nitrogen and oxygen atoms in total. The maximum atomic E-state index is 11.0. The third kappa shape index (κ3) is 29.2. The molecule has 0 rings (SSSR count). The molecule has 1 amide bonds. The van der Waals surface area contributed by atoms with Crippen molar-refractivity contribution in [2.45, 2.75) is 73.6 Å². The van der Waals surface area contributed by atoms with Crippen LogP contribution in [0.2, 0.25) is 0 Å². The van der Waals surface area contributed by atoms with Gasteiger partial charge in [-0.1, -0.05) is 54.4 Å². The summed E-state index contributed by atoms with van der Waals surface area (Å²) >= 11 is 0. The monoisotopic (exact) mass is 229 g/mol. The standard InChI is InChI=1S/C9H19NO.C5H12/c1-3-5-6-7-9(11)10-8-4-2;1-5(2,3)4/h3-8H2,1-2H3,(H,10,11);1-4H3. The van der Waals surface area contributed by atoms with E-state index in [1.807, 2.05) is 0 Å². The minimum Gasteiger partial charge on any atom is -0.356 e. The first kappa shape index (κ1) is 17.9. The fourth-order valence-electron chi connectivity index (χ4n) is 0.888. The van der Waals surface area contributed by atoms with Gasteiger partial charge in [-0.25, -0.2) is 0 Å². The van der Waals surface area contributed by atoms with Crippen LogP contribution < -0.4 is 5.32 Å². The molecule has 0 atom stereocenters. The quantitative estimate of drug-likeness (QED) is 0.681. The molecular weight excluding hydrogens is 198 g/mol. The van der Waals surface area contributed by atoms with E-state index in [0.717, 1.165) is 19.4 Å². The summed E-state index contributed by atoms with van der Waals surface area (Å²) in [7, 11) is 0. The van der Waals surface area contributed by atoms with Gasteiger partial charge in [0.1, 0.15) is 0 Å². The maximum Gasteiger partial charge on any atom is 0.219 e. The van der Waals surface area contributed by atoms with Crippen LogP contribution in [0.25, 0.3) is 0 Å². The highest BCUT2D eigenvalue weighted by Gasteiger charge is 1.97. The molecule has 2 heteroatoms. The van der Waals surface area contributed by atoms with Gasteiger partial charge in [-0.2, -0.15) is 0 Å². The van der Waals surface area contributed by atoms with Crippen molar-refractivity contribution in [2.75, 3.05) is 6.54 Å². The molecule has 0 aliphatic heterocycles. The van der Waals surface area contributed by atoms with Crippen LogP contribution in [-0.2, 0) is 4.79 Å². The molecule has 0 aliphatic carbocycles. The van der Waals surface area contributed by atoms with E-state index in [2.05, 4.69) is 46.9 Å². The Kier molecular flexibility index (Phi) is 12.2. The summed E-state index contributed by atoms with van der Waals surface area (Å²) in [5.74, 6) is 0.209. The first-order valence-corrected chi connectivity index (χ1v) is 6.58. The molecule has 0 unspecified atom stereocenters. The van der Waals surface area contributed by atoms with E-state index in [4.69, 9.17) is 0 Å². The van der Waals surface area contributed by atoms with Crippen LogP contribution in [-0.4, -0.2) is 12.5 Å². The van der Waals surface area contributed by atoms with E-state index in [9.17, 15) is 4.79 Å². The van der Waals surface area contributed by atoms with Crippen LogP contribution in [0, 0.1) is 5.41 Å². The smallest absolute Gasteiger partial charge is 0.219 e. The Morgan fingerprint density at radius 1 is 1.00 bits per heavy atom. The van der Waals surface area contributed by atoms with Crippen molar-refractivity contribution >= 4 is 5.91 Å². The van der Waals surface area contributed by atoms with E-state index in [1.54, 1.807) is 0 Å². The molecule has 0 heterocycles. The van der Waals surface area contributed by atoms with E-state index >= 15 is 0 Å². The third-order valence-corrected chi connectivity index (χ3v) is 1.58. The molecule has 1 N–H and O–H groups in total. The van der Waals surface area contributed by atoms with Gasteiger partial charge in [0.2, 0.25) is 5.91 Å². The van der Waals surface area contributed by atoms with Crippen molar-refractivity contribution in [3.8, 4) is 0 Å². The lowest BCUT2D eigenvalue weighted by molar-refractivity contribution is -0.121. The summed E-state index contributed by atoms with van der Waals surface area (Å²) in [6.07, 6.45) is 5.11. The van der Waals surface area contributed by atoms with Gasteiger partial charge >= 0.3 is 0 Å². The summed E-state index contributed by atoms with van der Waals surface area (Å²) in [5, 5.41) is 2.85. The largest absolute Gasteiger partial charge is 0.356 e. The van der Waals surface area contributed by atoms with E-state index in [0.29, 0.717) is 11.8 Å². The fourth-order valence-corrected chi connectivity index (χ4v) is 0.888. The van der Waals surface area contributed by atoms with Gasteiger partial charge in [0.05, 0.1) is 0 Å². The number of unbranched alkanes of at least 4 members (excludes halogenated alkanes) is 2. The summed E-state index contributed by atoms with van der Waals surface area (Å²) in [6, 6.07) is 0.